The van der Waals surface area contributed by atoms with Crippen LogP contribution in [-0.4, -0.2) is 61.4 Å². The Kier molecular flexibility index (Phi) is 7.63. The van der Waals surface area contributed by atoms with Crippen molar-refractivity contribution in [1.82, 2.24) is 24.4 Å². The maximum absolute atomic E-state index is 14.1. The quantitative estimate of drug-likeness (QED) is 0.306. The zero-order valence-corrected chi connectivity index (χ0v) is 22.5. The lowest BCUT2D eigenvalue weighted by molar-refractivity contribution is -0.0593. The molecule has 3 atom stereocenters. The predicted octanol–water partition coefficient (Wildman–Crippen LogP) is 4.89. The van der Waals surface area contributed by atoms with Crippen LogP contribution in [0.25, 0.3) is 15.9 Å². The minimum Gasteiger partial charge on any atom is -0.473 e. The molecule has 0 radical (unpaired) electrons. The molecule has 2 unspecified atom stereocenters. The van der Waals surface area contributed by atoms with Gasteiger partial charge in [0, 0.05) is 35.7 Å². The lowest BCUT2D eigenvalue weighted by Crippen LogP contribution is -2.43. The fraction of sp³-hybridized carbons (Fsp3) is 0.379. The maximum Gasteiger partial charge on any atom is 0.271 e. The number of pyridine rings is 2. The van der Waals surface area contributed by atoms with E-state index < -0.39 is 11.9 Å². The number of aliphatic hydroxyl groups is 1. The first-order valence-electron chi connectivity index (χ1n) is 13.2. The molecule has 0 bridgehead atoms. The summed E-state index contributed by atoms with van der Waals surface area (Å²) in [6, 6.07) is 11.6. The van der Waals surface area contributed by atoms with Gasteiger partial charge in [-0.3, -0.25) is 4.90 Å². The Hall–Kier alpha value is -3.62. The second-order valence-corrected chi connectivity index (χ2v) is 10.6. The Morgan fingerprint density at radius 2 is 2.08 bits per heavy atom. The summed E-state index contributed by atoms with van der Waals surface area (Å²) in [7, 11) is 0. The third-order valence-corrected chi connectivity index (χ3v) is 7.78. The average molecular weight is 563 g/mol. The highest BCUT2D eigenvalue weighted by Gasteiger charge is 2.31. The number of rotatable bonds is 8. The molecule has 2 saturated heterocycles. The van der Waals surface area contributed by atoms with Crippen LogP contribution in [-0.2, 0) is 24.4 Å². The molecule has 0 saturated carbocycles. The molecule has 2 aliphatic rings. The number of imidazole rings is 1. The lowest BCUT2D eigenvalue weighted by Gasteiger charge is -2.35. The summed E-state index contributed by atoms with van der Waals surface area (Å²) in [5, 5.41) is 11.5. The zero-order chi connectivity index (χ0) is 27.6. The molecule has 0 amide bonds. The highest BCUT2D eigenvalue weighted by atomic mass is 35.5. The molecular weight excluding hydrogens is 535 g/mol. The van der Waals surface area contributed by atoms with Crippen molar-refractivity contribution in [1.29, 1.82) is 0 Å². The van der Waals surface area contributed by atoms with E-state index in [1.807, 2.05) is 12.1 Å². The van der Waals surface area contributed by atoms with Gasteiger partial charge >= 0.3 is 0 Å². The topological polar surface area (TPSA) is 89.9 Å². The molecule has 0 spiro atoms. The maximum atomic E-state index is 14.1. The first-order valence-corrected chi connectivity index (χ1v) is 13.6. The minimum absolute atomic E-state index is 0.0280. The Balaban J connectivity index is 1.13. The van der Waals surface area contributed by atoms with Crippen LogP contribution in [0, 0.1) is 12.4 Å². The molecule has 0 aliphatic carbocycles. The van der Waals surface area contributed by atoms with E-state index >= 15 is 0 Å². The smallest absolute Gasteiger partial charge is 0.271 e. The van der Waals surface area contributed by atoms with Crippen molar-refractivity contribution < 1.29 is 19.0 Å². The summed E-state index contributed by atoms with van der Waals surface area (Å²) in [5.74, 6) is 0.976. The molecular formula is C29H28ClFN6O3. The number of hydrogen-bond donors (Lipinski definition) is 1. The molecule has 3 aromatic heterocycles. The van der Waals surface area contributed by atoms with Gasteiger partial charge in [-0.05, 0) is 43.7 Å². The van der Waals surface area contributed by atoms with Crippen LogP contribution in [0.4, 0.5) is 10.2 Å². The fourth-order valence-electron chi connectivity index (χ4n) is 5.27. The van der Waals surface area contributed by atoms with Gasteiger partial charge in [0.2, 0.25) is 5.88 Å². The molecule has 1 aromatic carbocycles. The number of β-amino-alcohol motifs (C(OH)–C–C–N with tert-alkyl or cyclic N) is 1. The average Bonchev–Trinajstić information content (AvgIpc) is 3.26. The summed E-state index contributed by atoms with van der Waals surface area (Å²) < 4.78 is 27.7. The van der Waals surface area contributed by atoms with Crippen molar-refractivity contribution >= 4 is 28.5 Å². The molecule has 40 heavy (non-hydrogen) atoms. The Labute approximate surface area is 236 Å². The SMILES string of the molecule is [C-]#[N+]c1cc2nc(CN3CCC(c4cccc(OCc5ccc(Cl)cc5F)n4)C(O)C3)n(C[C@@H]3CCO3)c2cn1. The number of piperidine rings is 1. The molecule has 4 aromatic rings. The van der Waals surface area contributed by atoms with Gasteiger partial charge in [-0.25, -0.2) is 14.4 Å². The molecule has 206 valence electrons. The number of halogens is 2. The van der Waals surface area contributed by atoms with Gasteiger partial charge in [0.25, 0.3) is 5.82 Å². The fourth-order valence-corrected chi connectivity index (χ4v) is 5.43. The minimum atomic E-state index is -0.631. The second-order valence-electron chi connectivity index (χ2n) is 10.2. The van der Waals surface area contributed by atoms with E-state index in [4.69, 9.17) is 32.6 Å². The van der Waals surface area contributed by atoms with Gasteiger partial charge in [-0.15, -0.1) is 4.98 Å². The highest BCUT2D eigenvalue weighted by Crippen LogP contribution is 2.30. The molecule has 6 rings (SSSR count). The van der Waals surface area contributed by atoms with Gasteiger partial charge in [0.1, 0.15) is 30.0 Å². The monoisotopic (exact) mass is 562 g/mol. The van der Waals surface area contributed by atoms with E-state index in [0.29, 0.717) is 48.3 Å². The number of benzene rings is 1. The van der Waals surface area contributed by atoms with E-state index in [1.54, 1.807) is 30.5 Å². The van der Waals surface area contributed by atoms with Gasteiger partial charge < -0.3 is 24.0 Å². The van der Waals surface area contributed by atoms with E-state index in [2.05, 4.69) is 24.3 Å². The third-order valence-electron chi connectivity index (χ3n) is 7.54. The first-order chi connectivity index (χ1) is 19.5. The second kappa shape index (κ2) is 11.5. The summed E-state index contributed by atoms with van der Waals surface area (Å²) in [6.07, 6.45) is 2.93. The Morgan fingerprint density at radius 1 is 1.20 bits per heavy atom. The van der Waals surface area contributed by atoms with Crippen LogP contribution in [0.5, 0.6) is 5.88 Å². The van der Waals surface area contributed by atoms with E-state index in [1.165, 1.54) is 6.07 Å². The lowest BCUT2D eigenvalue weighted by atomic mass is 9.90. The van der Waals surface area contributed by atoms with Gasteiger partial charge in [0.05, 0.1) is 36.5 Å². The molecule has 1 N–H and O–H groups in total. The molecule has 2 fully saturated rings. The van der Waals surface area contributed by atoms with Crippen molar-refractivity contribution in [2.24, 2.45) is 0 Å². The number of ether oxygens (including phenoxy) is 2. The number of aliphatic hydroxyl groups excluding tert-OH is 1. The van der Waals surface area contributed by atoms with Crippen LogP contribution in [0.3, 0.4) is 0 Å². The van der Waals surface area contributed by atoms with E-state index in [0.717, 1.165) is 42.1 Å². The van der Waals surface area contributed by atoms with Gasteiger partial charge in [0.15, 0.2) is 0 Å². The van der Waals surface area contributed by atoms with E-state index in [-0.39, 0.29) is 18.6 Å². The van der Waals surface area contributed by atoms with Crippen LogP contribution in [0.15, 0.2) is 48.7 Å². The third kappa shape index (κ3) is 5.64. The van der Waals surface area contributed by atoms with Crippen molar-refractivity contribution in [2.75, 3.05) is 19.7 Å². The van der Waals surface area contributed by atoms with Crippen LogP contribution in [0.1, 0.15) is 35.8 Å². The summed E-state index contributed by atoms with van der Waals surface area (Å²) in [4.78, 5) is 19.3. The van der Waals surface area contributed by atoms with Crippen LogP contribution in [0.2, 0.25) is 5.02 Å². The van der Waals surface area contributed by atoms with Crippen molar-refractivity contribution in [3.63, 3.8) is 0 Å². The highest BCUT2D eigenvalue weighted by molar-refractivity contribution is 6.30. The summed E-state index contributed by atoms with van der Waals surface area (Å²) in [5.41, 5.74) is 2.76. The normalized spacial score (nSPS) is 21.2. The Bertz CT molecular complexity index is 1570. The predicted molar refractivity (Wildman–Crippen MR) is 147 cm³/mol. The number of nitrogens with zero attached hydrogens (tertiary/aromatic N) is 6. The largest absolute Gasteiger partial charge is 0.473 e. The van der Waals surface area contributed by atoms with Crippen molar-refractivity contribution in [3.05, 3.63) is 88.0 Å². The molecule has 11 heteroatoms. The van der Waals surface area contributed by atoms with Crippen molar-refractivity contribution in [2.45, 2.75) is 50.7 Å². The van der Waals surface area contributed by atoms with Gasteiger partial charge in [-0.2, -0.15) is 0 Å². The zero-order valence-electron chi connectivity index (χ0n) is 21.7. The summed E-state index contributed by atoms with van der Waals surface area (Å²) >= 11 is 5.83. The number of aromatic nitrogens is 4. The Morgan fingerprint density at radius 3 is 2.83 bits per heavy atom. The summed E-state index contributed by atoms with van der Waals surface area (Å²) in [6.45, 7) is 10.5. The van der Waals surface area contributed by atoms with E-state index in [9.17, 15) is 9.50 Å². The first kappa shape index (κ1) is 26.6. The number of fused-ring (bicyclic) bond motifs is 1. The van der Waals surface area contributed by atoms with Crippen LogP contribution >= 0.6 is 11.6 Å². The number of hydrogen-bond acceptors (Lipinski definition) is 7. The molecule has 2 aliphatic heterocycles. The van der Waals surface area contributed by atoms with Crippen molar-refractivity contribution in [3.8, 4) is 5.88 Å². The van der Waals surface area contributed by atoms with Crippen LogP contribution < -0.4 is 4.74 Å². The molecule has 5 heterocycles. The number of likely N-dealkylation sites (tertiary alicyclic amines) is 1. The standard InChI is InChI=1S/C29H28ClFN6O3/c1-32-27-12-24-25(13-33-27)37(14-20-8-10-39-20)28(34-24)16-36-9-7-21(26(38)15-36)23-3-2-4-29(35-23)40-17-18-5-6-19(30)11-22(18)31/h2-6,11-13,20-21,26,38H,7-10,14-17H2/t20-,21?,26?/m0/s1. The van der Waals surface area contributed by atoms with Gasteiger partial charge in [-0.1, -0.05) is 30.3 Å². The molecule has 9 nitrogen and oxygen atoms in total.